The van der Waals surface area contributed by atoms with Gasteiger partial charge in [-0.1, -0.05) is 66.9 Å². The van der Waals surface area contributed by atoms with E-state index in [-0.39, 0.29) is 30.4 Å². The molecule has 0 saturated heterocycles. The summed E-state index contributed by atoms with van der Waals surface area (Å²) in [6.45, 7) is 13.3. The number of nitrogens with one attached hydrogen (secondary N) is 1. The number of unbranched alkanes of at least 4 members (excludes halogenated alkanes) is 1. The number of carbonyl (C=O) groups is 2. The molecule has 1 aromatic carbocycles. The maximum Gasteiger partial charge on any atom is 0.306 e. The summed E-state index contributed by atoms with van der Waals surface area (Å²) in [5.74, 6) is -0.331. The number of phenolic OH excluding ortho intramolecular Hbond substituents is 2. The minimum absolute atomic E-state index is 0.174. The van der Waals surface area contributed by atoms with E-state index in [1.165, 1.54) is 48.1 Å². The highest BCUT2D eigenvalue weighted by Crippen LogP contribution is 2.29. The first-order valence-corrected chi connectivity index (χ1v) is 17.2. The van der Waals surface area contributed by atoms with E-state index in [0.717, 1.165) is 59.1 Å². The molecule has 0 aliphatic carbocycles. The molecule has 0 aromatic heterocycles. The number of halogens is 1. The Hall–Kier alpha value is -2.55. The fourth-order valence-corrected chi connectivity index (χ4v) is 5.36. The Morgan fingerprint density at radius 1 is 0.795 bits per heavy atom. The molecular weight excluding hydrogens is 665 g/mol. The quantitative estimate of drug-likeness (QED) is 0.0387. The van der Waals surface area contributed by atoms with E-state index in [4.69, 9.17) is 4.74 Å². The molecule has 7 heteroatoms. The smallest absolute Gasteiger partial charge is 0.306 e. The highest BCUT2D eigenvalue weighted by molar-refractivity contribution is 14.1. The van der Waals surface area contributed by atoms with Gasteiger partial charge < -0.3 is 20.3 Å². The van der Waals surface area contributed by atoms with Crippen LogP contribution in [0.4, 0.5) is 0 Å². The molecule has 0 aliphatic heterocycles. The van der Waals surface area contributed by atoms with E-state index >= 15 is 0 Å². The molecule has 0 radical (unpaired) electrons. The Morgan fingerprint density at radius 2 is 1.32 bits per heavy atom. The molecule has 0 heterocycles. The van der Waals surface area contributed by atoms with Crippen molar-refractivity contribution in [2.24, 2.45) is 5.92 Å². The first kappa shape index (κ1) is 39.5. The number of hydrogen-bond donors (Lipinski definition) is 3. The number of phenols is 2. The van der Waals surface area contributed by atoms with Crippen molar-refractivity contribution in [2.75, 3.05) is 13.2 Å². The van der Waals surface area contributed by atoms with Crippen LogP contribution in [0.2, 0.25) is 0 Å². The molecule has 0 unspecified atom stereocenters. The molecule has 0 saturated carbocycles. The zero-order valence-electron chi connectivity index (χ0n) is 27.9. The first-order chi connectivity index (χ1) is 20.9. The van der Waals surface area contributed by atoms with Crippen LogP contribution in [-0.4, -0.2) is 35.2 Å². The van der Waals surface area contributed by atoms with Crippen LogP contribution in [0, 0.1) is 9.49 Å². The summed E-state index contributed by atoms with van der Waals surface area (Å²) in [5, 5.41) is 21.9. The Kier molecular flexibility index (Phi) is 20.5. The molecule has 1 rings (SSSR count). The molecule has 1 amide bonds. The van der Waals surface area contributed by atoms with E-state index in [1.54, 1.807) is 0 Å². The molecular formula is C37H56INO5. The van der Waals surface area contributed by atoms with Crippen LogP contribution in [0.15, 0.2) is 58.7 Å². The third-order valence-corrected chi connectivity index (χ3v) is 8.52. The highest BCUT2D eigenvalue weighted by atomic mass is 127. The number of rotatable bonds is 21. The fourth-order valence-electron chi connectivity index (χ4n) is 4.64. The van der Waals surface area contributed by atoms with Crippen molar-refractivity contribution in [1.29, 1.82) is 0 Å². The summed E-state index contributed by atoms with van der Waals surface area (Å²) in [5.41, 5.74) is 6.35. The van der Waals surface area contributed by atoms with E-state index in [1.807, 2.05) is 6.92 Å². The molecule has 0 atom stereocenters. The minimum Gasteiger partial charge on any atom is -0.504 e. The van der Waals surface area contributed by atoms with Gasteiger partial charge >= 0.3 is 5.97 Å². The van der Waals surface area contributed by atoms with Crippen LogP contribution in [0.5, 0.6) is 11.5 Å². The number of amides is 1. The van der Waals surface area contributed by atoms with Gasteiger partial charge in [0.25, 0.3) is 5.91 Å². The van der Waals surface area contributed by atoms with Crippen molar-refractivity contribution in [3.63, 3.8) is 0 Å². The molecule has 0 bridgehead atoms. The van der Waals surface area contributed by atoms with E-state index < -0.39 is 5.97 Å². The lowest BCUT2D eigenvalue weighted by molar-refractivity contribution is -0.148. The van der Waals surface area contributed by atoms with E-state index in [2.05, 4.69) is 86.8 Å². The zero-order valence-corrected chi connectivity index (χ0v) is 30.1. The van der Waals surface area contributed by atoms with E-state index in [9.17, 15) is 19.8 Å². The number of hydrogen-bond acceptors (Lipinski definition) is 5. The third-order valence-electron chi connectivity index (χ3n) is 7.52. The lowest BCUT2D eigenvalue weighted by Gasteiger charge is -2.09. The molecule has 1 aromatic rings. The van der Waals surface area contributed by atoms with Gasteiger partial charge in [-0.3, -0.25) is 9.59 Å². The van der Waals surface area contributed by atoms with Gasteiger partial charge in [-0.2, -0.15) is 0 Å². The fraction of sp³-hybridized carbons (Fsp3) is 0.568. The number of ether oxygens (including phenoxy) is 1. The van der Waals surface area contributed by atoms with Crippen LogP contribution in [0.1, 0.15) is 118 Å². The lowest BCUT2D eigenvalue weighted by Crippen LogP contribution is -2.30. The number of carbonyl (C=O) groups excluding carboxylic acids is 2. The second-order valence-corrected chi connectivity index (χ2v) is 13.5. The van der Waals surface area contributed by atoms with Crippen LogP contribution < -0.4 is 5.32 Å². The summed E-state index contributed by atoms with van der Waals surface area (Å²) in [6.07, 6.45) is 20.9. The van der Waals surface area contributed by atoms with Crippen molar-refractivity contribution < 1.29 is 24.5 Å². The van der Waals surface area contributed by atoms with Gasteiger partial charge in [0.1, 0.15) is 0 Å². The van der Waals surface area contributed by atoms with Crippen molar-refractivity contribution in [3.05, 3.63) is 67.9 Å². The Balaban J connectivity index is 2.19. The monoisotopic (exact) mass is 721 g/mol. The largest absolute Gasteiger partial charge is 0.504 e. The Morgan fingerprint density at radius 3 is 1.91 bits per heavy atom. The van der Waals surface area contributed by atoms with Gasteiger partial charge in [0, 0.05) is 16.5 Å². The van der Waals surface area contributed by atoms with Crippen LogP contribution in [0.3, 0.4) is 0 Å². The molecule has 0 spiro atoms. The molecule has 6 nitrogen and oxygen atoms in total. The number of aromatic hydroxyl groups is 2. The first-order valence-electron chi connectivity index (χ1n) is 16.1. The highest BCUT2D eigenvalue weighted by Gasteiger charge is 2.10. The van der Waals surface area contributed by atoms with Crippen molar-refractivity contribution in [1.82, 2.24) is 5.32 Å². The number of allylic oxidation sites excluding steroid dienone is 8. The summed E-state index contributed by atoms with van der Waals surface area (Å²) < 4.78 is 5.91. The second kappa shape index (κ2) is 22.9. The summed E-state index contributed by atoms with van der Waals surface area (Å²) >= 11 is 2.06. The molecule has 0 aliphatic rings. The standard InChI is InChI=1S/C37H56INO5/c1-27(2)12-9-15-30(5)18-10-16-28(3)13-7-8-14-29(4)17-11-19-31(6)20-21-37(43)44-26-36(42)39-23-22-32-24-34(40)35(41)25-33(32)38/h13-14,18-19,24-25,27,40-41H,7-12,15-17,20-23,26H2,1-6H3,(H,39,42)/b28-13+,29-14+,30-18-,31-19+. The topological polar surface area (TPSA) is 95.9 Å². The Bertz CT molecular complexity index is 1160. The SMILES string of the molecule is C/C(=C/CC/C(C)=C/CC/C=C(\C)CC/C=C(\C)CCC(=O)OCC(=O)NCCc1cc(O)c(O)cc1I)CCCC(C)C. The zero-order chi connectivity index (χ0) is 32.9. The normalized spacial score (nSPS) is 13.0. The van der Waals surface area contributed by atoms with Gasteiger partial charge in [0.15, 0.2) is 18.1 Å². The minimum atomic E-state index is -0.391. The average molecular weight is 722 g/mol. The van der Waals surface area contributed by atoms with Gasteiger partial charge in [-0.15, -0.1) is 0 Å². The van der Waals surface area contributed by atoms with Crippen molar-refractivity contribution in [2.45, 2.75) is 119 Å². The maximum atomic E-state index is 12.1. The molecule has 44 heavy (non-hydrogen) atoms. The van der Waals surface area contributed by atoms with Crippen LogP contribution in [-0.2, 0) is 20.7 Å². The predicted octanol–water partition coefficient (Wildman–Crippen LogP) is 9.64. The summed E-state index contributed by atoms with van der Waals surface area (Å²) in [6, 6.07) is 2.95. The lowest BCUT2D eigenvalue weighted by atomic mass is 10.0. The van der Waals surface area contributed by atoms with Crippen LogP contribution >= 0.6 is 22.6 Å². The second-order valence-electron chi connectivity index (χ2n) is 12.3. The average Bonchev–Trinajstić information content (AvgIpc) is 2.95. The Labute approximate surface area is 280 Å². The van der Waals surface area contributed by atoms with Gasteiger partial charge in [0.05, 0.1) is 0 Å². The number of benzene rings is 1. The summed E-state index contributed by atoms with van der Waals surface area (Å²) in [7, 11) is 0. The van der Waals surface area contributed by atoms with Crippen LogP contribution in [0.25, 0.3) is 0 Å². The number of esters is 1. The van der Waals surface area contributed by atoms with Crippen molar-refractivity contribution >= 4 is 34.5 Å². The maximum absolute atomic E-state index is 12.1. The predicted molar refractivity (Wildman–Crippen MR) is 191 cm³/mol. The molecule has 3 N–H and O–H groups in total. The van der Waals surface area contributed by atoms with Gasteiger partial charge in [-0.25, -0.2) is 0 Å². The summed E-state index contributed by atoms with van der Waals surface area (Å²) in [4.78, 5) is 24.1. The molecule has 246 valence electrons. The van der Waals surface area contributed by atoms with Crippen molar-refractivity contribution in [3.8, 4) is 11.5 Å². The third kappa shape index (κ3) is 19.7. The van der Waals surface area contributed by atoms with Gasteiger partial charge in [-0.05, 0) is 138 Å². The van der Waals surface area contributed by atoms with E-state index in [0.29, 0.717) is 19.4 Å². The molecule has 0 fully saturated rings. The van der Waals surface area contributed by atoms with Gasteiger partial charge in [0.2, 0.25) is 0 Å².